The van der Waals surface area contributed by atoms with E-state index in [1.54, 1.807) is 11.3 Å². The highest BCUT2D eigenvalue weighted by molar-refractivity contribution is 7.09. The maximum absolute atomic E-state index is 4.28. The minimum absolute atomic E-state index is 0.321. The van der Waals surface area contributed by atoms with Crippen LogP contribution in [0.2, 0.25) is 0 Å². The second-order valence-corrected chi connectivity index (χ2v) is 6.27. The lowest BCUT2D eigenvalue weighted by molar-refractivity contribution is 0.534. The van der Waals surface area contributed by atoms with Gasteiger partial charge in [-0.25, -0.2) is 0 Å². The largest absolute Gasteiger partial charge is 0.309 e. The molecule has 2 aromatic rings. The minimum atomic E-state index is 0.321. The first-order valence-electron chi connectivity index (χ1n) is 6.77. The SMILES string of the molecule is CCCNC(Cc1cncs1)c1snnc1CCC. The van der Waals surface area contributed by atoms with E-state index in [-0.39, 0.29) is 0 Å². The zero-order valence-corrected chi connectivity index (χ0v) is 13.1. The molecule has 4 nitrogen and oxygen atoms in total. The van der Waals surface area contributed by atoms with E-state index < -0.39 is 0 Å². The summed E-state index contributed by atoms with van der Waals surface area (Å²) in [5, 5.41) is 7.90. The van der Waals surface area contributed by atoms with Crippen LogP contribution in [0.4, 0.5) is 0 Å². The molecule has 1 atom stereocenters. The number of rotatable bonds is 8. The van der Waals surface area contributed by atoms with Crippen LogP contribution in [-0.2, 0) is 12.8 Å². The molecule has 1 unspecified atom stereocenters. The van der Waals surface area contributed by atoms with Crippen LogP contribution in [0.3, 0.4) is 0 Å². The zero-order valence-electron chi connectivity index (χ0n) is 11.4. The predicted molar refractivity (Wildman–Crippen MR) is 80.8 cm³/mol. The molecule has 2 aromatic heterocycles. The van der Waals surface area contributed by atoms with Crippen molar-refractivity contribution < 1.29 is 0 Å². The summed E-state index contributed by atoms with van der Waals surface area (Å²) in [7, 11) is 0. The molecule has 0 fully saturated rings. The third kappa shape index (κ3) is 4.06. The summed E-state index contributed by atoms with van der Waals surface area (Å²) in [5.41, 5.74) is 3.05. The van der Waals surface area contributed by atoms with E-state index in [1.807, 2.05) is 11.7 Å². The van der Waals surface area contributed by atoms with Gasteiger partial charge >= 0.3 is 0 Å². The minimum Gasteiger partial charge on any atom is -0.309 e. The van der Waals surface area contributed by atoms with Gasteiger partial charge in [-0.15, -0.1) is 16.4 Å². The first-order valence-corrected chi connectivity index (χ1v) is 8.42. The summed E-state index contributed by atoms with van der Waals surface area (Å²) < 4.78 is 4.14. The maximum Gasteiger partial charge on any atom is 0.0803 e. The van der Waals surface area contributed by atoms with E-state index >= 15 is 0 Å². The van der Waals surface area contributed by atoms with Crippen LogP contribution in [0.15, 0.2) is 11.7 Å². The number of aromatic nitrogens is 3. The normalized spacial score (nSPS) is 12.7. The third-order valence-electron chi connectivity index (χ3n) is 2.92. The molecule has 0 radical (unpaired) electrons. The summed E-state index contributed by atoms with van der Waals surface area (Å²) in [6.45, 7) is 5.39. The van der Waals surface area contributed by atoms with Gasteiger partial charge in [-0.05, 0) is 30.9 Å². The molecular weight excluding hydrogens is 276 g/mol. The van der Waals surface area contributed by atoms with Gasteiger partial charge in [0.15, 0.2) is 0 Å². The first-order chi connectivity index (χ1) is 9.35. The molecule has 0 saturated carbocycles. The highest BCUT2D eigenvalue weighted by atomic mass is 32.1. The van der Waals surface area contributed by atoms with Gasteiger partial charge < -0.3 is 5.32 Å². The standard InChI is InChI=1S/C13H20N4S2/c1-3-5-11-13(19-17-16-11)12(15-6-4-2)7-10-8-14-9-18-10/h8-9,12,15H,3-7H2,1-2H3. The van der Waals surface area contributed by atoms with Gasteiger partial charge in [0.1, 0.15) is 0 Å². The Morgan fingerprint density at radius 1 is 1.32 bits per heavy atom. The molecule has 0 saturated heterocycles. The summed E-state index contributed by atoms with van der Waals surface area (Å²) in [4.78, 5) is 6.76. The molecule has 0 amide bonds. The van der Waals surface area contributed by atoms with Crippen molar-refractivity contribution in [2.24, 2.45) is 0 Å². The molecule has 6 heteroatoms. The number of thiazole rings is 1. The van der Waals surface area contributed by atoms with Gasteiger partial charge in [0.2, 0.25) is 0 Å². The van der Waals surface area contributed by atoms with Crippen molar-refractivity contribution in [1.82, 2.24) is 19.9 Å². The summed E-state index contributed by atoms with van der Waals surface area (Å²) in [6.07, 6.45) is 6.19. The molecule has 2 rings (SSSR count). The quantitative estimate of drug-likeness (QED) is 0.812. The molecule has 0 aliphatic heterocycles. The molecule has 0 spiro atoms. The zero-order chi connectivity index (χ0) is 13.5. The molecular formula is C13H20N4S2. The van der Waals surface area contributed by atoms with E-state index in [9.17, 15) is 0 Å². The smallest absolute Gasteiger partial charge is 0.0803 e. The average molecular weight is 296 g/mol. The molecule has 0 bridgehead atoms. The number of aryl methyl sites for hydroxylation is 1. The van der Waals surface area contributed by atoms with Crippen LogP contribution in [0.5, 0.6) is 0 Å². The molecule has 0 aliphatic carbocycles. The van der Waals surface area contributed by atoms with Crippen molar-refractivity contribution in [2.75, 3.05) is 6.54 Å². The van der Waals surface area contributed by atoms with Gasteiger partial charge in [-0.3, -0.25) is 4.98 Å². The van der Waals surface area contributed by atoms with Crippen molar-refractivity contribution in [3.05, 3.63) is 27.2 Å². The molecule has 104 valence electrons. The Balaban J connectivity index is 2.13. The first kappa shape index (κ1) is 14.6. The van der Waals surface area contributed by atoms with Crippen molar-refractivity contribution in [2.45, 2.75) is 45.6 Å². The lowest BCUT2D eigenvalue weighted by atomic mass is 10.1. The van der Waals surface area contributed by atoms with Crippen molar-refractivity contribution in [3.8, 4) is 0 Å². The van der Waals surface area contributed by atoms with Crippen molar-refractivity contribution in [3.63, 3.8) is 0 Å². The van der Waals surface area contributed by atoms with E-state index in [4.69, 9.17) is 0 Å². The highest BCUT2D eigenvalue weighted by Gasteiger charge is 2.19. The number of hydrogen-bond donors (Lipinski definition) is 1. The summed E-state index contributed by atoms with van der Waals surface area (Å²) >= 11 is 3.24. The fourth-order valence-corrected chi connectivity index (χ4v) is 3.42. The van der Waals surface area contributed by atoms with Crippen molar-refractivity contribution in [1.29, 1.82) is 0 Å². The Morgan fingerprint density at radius 3 is 2.89 bits per heavy atom. The van der Waals surface area contributed by atoms with Gasteiger partial charge in [0.25, 0.3) is 0 Å². The maximum atomic E-state index is 4.28. The van der Waals surface area contributed by atoms with Crippen LogP contribution in [0.25, 0.3) is 0 Å². The van der Waals surface area contributed by atoms with Crippen LogP contribution < -0.4 is 5.32 Å². The lowest BCUT2D eigenvalue weighted by Gasteiger charge is -2.16. The van der Waals surface area contributed by atoms with Crippen LogP contribution in [-0.4, -0.2) is 21.1 Å². The Kier molecular flexibility index (Phi) is 5.88. The Morgan fingerprint density at radius 2 is 2.21 bits per heavy atom. The van der Waals surface area contributed by atoms with Crippen LogP contribution >= 0.6 is 22.9 Å². The van der Waals surface area contributed by atoms with E-state index in [2.05, 4.69) is 33.7 Å². The van der Waals surface area contributed by atoms with E-state index in [0.717, 1.165) is 37.9 Å². The molecule has 1 N–H and O–H groups in total. The van der Waals surface area contributed by atoms with Crippen LogP contribution in [0.1, 0.15) is 48.2 Å². The molecule has 0 aliphatic rings. The summed E-state index contributed by atoms with van der Waals surface area (Å²) in [6, 6.07) is 0.321. The van der Waals surface area contributed by atoms with Gasteiger partial charge in [0, 0.05) is 23.5 Å². The molecule has 2 heterocycles. The van der Waals surface area contributed by atoms with Gasteiger partial charge in [-0.1, -0.05) is 24.8 Å². The average Bonchev–Trinajstić information content (AvgIpc) is 3.06. The highest BCUT2D eigenvalue weighted by Crippen LogP contribution is 2.26. The summed E-state index contributed by atoms with van der Waals surface area (Å²) in [5.74, 6) is 0. The van der Waals surface area contributed by atoms with Gasteiger partial charge in [-0.2, -0.15) is 0 Å². The lowest BCUT2D eigenvalue weighted by Crippen LogP contribution is -2.24. The number of nitrogens with zero attached hydrogens (tertiary/aromatic N) is 3. The monoisotopic (exact) mass is 296 g/mol. The topological polar surface area (TPSA) is 50.7 Å². The fraction of sp³-hybridized carbons (Fsp3) is 0.615. The Bertz CT molecular complexity index is 467. The van der Waals surface area contributed by atoms with Crippen LogP contribution in [0, 0.1) is 0 Å². The predicted octanol–water partition coefficient (Wildman–Crippen LogP) is 3.23. The van der Waals surface area contributed by atoms with E-state index in [0.29, 0.717) is 6.04 Å². The second-order valence-electron chi connectivity index (χ2n) is 4.51. The molecule has 0 aromatic carbocycles. The van der Waals surface area contributed by atoms with E-state index in [1.165, 1.54) is 21.3 Å². The van der Waals surface area contributed by atoms with Crippen molar-refractivity contribution >= 4 is 22.9 Å². The fourth-order valence-electron chi connectivity index (χ4n) is 2.01. The second kappa shape index (κ2) is 7.67. The molecule has 19 heavy (non-hydrogen) atoms. The van der Waals surface area contributed by atoms with Gasteiger partial charge in [0.05, 0.1) is 16.1 Å². The third-order valence-corrected chi connectivity index (χ3v) is 4.60. The number of nitrogens with one attached hydrogen (secondary N) is 1. The Hall–Kier alpha value is -0.850. The Labute approximate surface area is 122 Å². The number of hydrogen-bond acceptors (Lipinski definition) is 6.